The number of rotatable bonds is 3. The SMILES string of the molecule is Cn1cc(C(=O)CC2(C)CC2)nn1. The highest BCUT2D eigenvalue weighted by molar-refractivity contribution is 5.94. The summed E-state index contributed by atoms with van der Waals surface area (Å²) in [6.07, 6.45) is 4.62. The molecule has 0 N–H and O–H groups in total. The molecule has 1 heterocycles. The first-order chi connectivity index (χ1) is 6.09. The van der Waals surface area contributed by atoms with Crippen molar-refractivity contribution in [3.63, 3.8) is 0 Å². The van der Waals surface area contributed by atoms with Crippen LogP contribution in [0.5, 0.6) is 0 Å². The summed E-state index contributed by atoms with van der Waals surface area (Å²) in [7, 11) is 1.77. The number of Topliss-reactive ketones (excluding diaryl/α,β-unsaturated/α-hetero) is 1. The van der Waals surface area contributed by atoms with Crippen LogP contribution in [0.15, 0.2) is 6.20 Å². The average molecular weight is 179 g/mol. The molecular weight excluding hydrogens is 166 g/mol. The van der Waals surface area contributed by atoms with Crippen LogP contribution in [0, 0.1) is 5.41 Å². The Bertz CT molecular complexity index is 338. The Morgan fingerprint density at radius 2 is 2.38 bits per heavy atom. The highest BCUT2D eigenvalue weighted by Crippen LogP contribution is 2.48. The Hall–Kier alpha value is -1.19. The standard InChI is InChI=1S/C9H13N3O/c1-9(3-4-9)5-8(13)7-6-12(2)11-10-7/h6H,3-5H2,1-2H3. The van der Waals surface area contributed by atoms with Gasteiger partial charge in [-0.3, -0.25) is 9.48 Å². The van der Waals surface area contributed by atoms with E-state index in [9.17, 15) is 4.79 Å². The van der Waals surface area contributed by atoms with Gasteiger partial charge in [-0.2, -0.15) is 0 Å². The van der Waals surface area contributed by atoms with Crippen molar-refractivity contribution in [3.05, 3.63) is 11.9 Å². The number of nitrogens with zero attached hydrogens (tertiary/aromatic N) is 3. The fraction of sp³-hybridized carbons (Fsp3) is 0.667. The Labute approximate surface area is 76.9 Å². The summed E-state index contributed by atoms with van der Waals surface area (Å²) >= 11 is 0. The number of aromatic nitrogens is 3. The van der Waals surface area contributed by atoms with E-state index in [1.807, 2.05) is 0 Å². The van der Waals surface area contributed by atoms with E-state index in [1.54, 1.807) is 17.9 Å². The third kappa shape index (κ3) is 1.76. The highest BCUT2D eigenvalue weighted by atomic mass is 16.1. The fourth-order valence-electron chi connectivity index (χ4n) is 1.34. The van der Waals surface area contributed by atoms with Crippen LogP contribution in [0.4, 0.5) is 0 Å². The number of hydrogen-bond donors (Lipinski definition) is 0. The van der Waals surface area contributed by atoms with Gasteiger partial charge >= 0.3 is 0 Å². The molecule has 1 aromatic heterocycles. The van der Waals surface area contributed by atoms with Crippen LogP contribution in [-0.4, -0.2) is 20.8 Å². The number of aryl methyl sites for hydroxylation is 1. The molecule has 1 saturated carbocycles. The maximum Gasteiger partial charge on any atom is 0.185 e. The molecule has 0 bridgehead atoms. The summed E-state index contributed by atoms with van der Waals surface area (Å²) < 4.78 is 1.56. The van der Waals surface area contributed by atoms with Crippen molar-refractivity contribution in [3.8, 4) is 0 Å². The third-order valence-corrected chi connectivity index (χ3v) is 2.58. The first-order valence-corrected chi connectivity index (χ1v) is 4.49. The van der Waals surface area contributed by atoms with Gasteiger partial charge in [-0.1, -0.05) is 12.1 Å². The molecule has 1 fully saturated rings. The van der Waals surface area contributed by atoms with Gasteiger partial charge in [-0.25, -0.2) is 0 Å². The molecule has 0 saturated heterocycles. The minimum absolute atomic E-state index is 0.119. The Morgan fingerprint density at radius 3 is 2.85 bits per heavy atom. The molecule has 70 valence electrons. The number of ketones is 1. The molecule has 1 aromatic rings. The Morgan fingerprint density at radius 1 is 1.69 bits per heavy atom. The van der Waals surface area contributed by atoms with Crippen molar-refractivity contribution < 1.29 is 4.79 Å². The lowest BCUT2D eigenvalue weighted by atomic mass is 10.0. The van der Waals surface area contributed by atoms with Gasteiger partial charge in [-0.05, 0) is 18.3 Å². The van der Waals surface area contributed by atoms with Crippen molar-refractivity contribution in [1.82, 2.24) is 15.0 Å². The molecule has 0 amide bonds. The van der Waals surface area contributed by atoms with E-state index < -0.39 is 0 Å². The minimum Gasteiger partial charge on any atom is -0.292 e. The molecule has 1 aliphatic rings. The van der Waals surface area contributed by atoms with Gasteiger partial charge in [0.15, 0.2) is 5.78 Å². The number of hydrogen-bond acceptors (Lipinski definition) is 3. The smallest absolute Gasteiger partial charge is 0.185 e. The van der Waals surface area contributed by atoms with Crippen LogP contribution in [0.1, 0.15) is 36.7 Å². The quantitative estimate of drug-likeness (QED) is 0.655. The molecule has 0 radical (unpaired) electrons. The number of carbonyl (C=O) groups excluding carboxylic acids is 1. The molecule has 0 aromatic carbocycles. The zero-order valence-corrected chi connectivity index (χ0v) is 7.95. The van der Waals surface area contributed by atoms with Gasteiger partial charge in [0.05, 0.1) is 6.20 Å². The van der Waals surface area contributed by atoms with Gasteiger partial charge in [0.1, 0.15) is 5.69 Å². The van der Waals surface area contributed by atoms with Crippen molar-refractivity contribution in [2.45, 2.75) is 26.2 Å². The van der Waals surface area contributed by atoms with Crippen molar-refractivity contribution >= 4 is 5.78 Å². The average Bonchev–Trinajstić information content (AvgIpc) is 2.62. The predicted octanol–water partition coefficient (Wildman–Crippen LogP) is 1.19. The zero-order valence-electron chi connectivity index (χ0n) is 7.95. The second kappa shape index (κ2) is 2.65. The Kier molecular flexibility index (Phi) is 1.71. The summed E-state index contributed by atoms with van der Waals surface area (Å²) in [5.74, 6) is 0.119. The van der Waals surface area contributed by atoms with E-state index in [0.717, 1.165) is 0 Å². The predicted molar refractivity (Wildman–Crippen MR) is 47.3 cm³/mol. The maximum absolute atomic E-state index is 11.6. The van der Waals surface area contributed by atoms with E-state index >= 15 is 0 Å². The summed E-state index contributed by atoms with van der Waals surface area (Å²) in [4.78, 5) is 11.6. The molecule has 4 heteroatoms. The molecule has 0 unspecified atom stereocenters. The van der Waals surface area contributed by atoms with Crippen LogP contribution in [-0.2, 0) is 7.05 Å². The van der Waals surface area contributed by atoms with Crippen molar-refractivity contribution in [2.24, 2.45) is 12.5 Å². The van der Waals surface area contributed by atoms with Gasteiger partial charge in [0.25, 0.3) is 0 Å². The van der Waals surface area contributed by atoms with E-state index in [4.69, 9.17) is 0 Å². The topological polar surface area (TPSA) is 47.8 Å². The van der Waals surface area contributed by atoms with E-state index in [-0.39, 0.29) is 11.2 Å². The van der Waals surface area contributed by atoms with Crippen LogP contribution >= 0.6 is 0 Å². The molecule has 0 spiro atoms. The molecule has 4 nitrogen and oxygen atoms in total. The van der Waals surface area contributed by atoms with E-state index in [2.05, 4.69) is 17.2 Å². The molecule has 0 aliphatic heterocycles. The lowest BCUT2D eigenvalue weighted by Gasteiger charge is -2.03. The third-order valence-electron chi connectivity index (χ3n) is 2.58. The lowest BCUT2D eigenvalue weighted by Crippen LogP contribution is -2.06. The normalized spacial score (nSPS) is 18.6. The maximum atomic E-state index is 11.6. The Balaban J connectivity index is 2.05. The summed E-state index contributed by atoms with van der Waals surface area (Å²) in [6, 6.07) is 0. The zero-order chi connectivity index (χ0) is 9.47. The van der Waals surface area contributed by atoms with Crippen LogP contribution in [0.2, 0.25) is 0 Å². The second-order valence-corrected chi connectivity index (χ2v) is 4.19. The van der Waals surface area contributed by atoms with Crippen LogP contribution < -0.4 is 0 Å². The summed E-state index contributed by atoms with van der Waals surface area (Å²) in [6.45, 7) is 2.14. The molecule has 0 atom stereocenters. The highest BCUT2D eigenvalue weighted by Gasteiger charge is 2.39. The van der Waals surface area contributed by atoms with Crippen molar-refractivity contribution in [1.29, 1.82) is 0 Å². The molecule has 2 rings (SSSR count). The minimum atomic E-state index is 0.119. The first-order valence-electron chi connectivity index (χ1n) is 4.49. The van der Waals surface area contributed by atoms with E-state index in [1.165, 1.54) is 12.8 Å². The molecular formula is C9H13N3O. The molecule has 1 aliphatic carbocycles. The van der Waals surface area contributed by atoms with Gasteiger partial charge in [0, 0.05) is 13.5 Å². The van der Waals surface area contributed by atoms with Gasteiger partial charge in [-0.15, -0.1) is 5.10 Å². The second-order valence-electron chi connectivity index (χ2n) is 4.19. The number of carbonyl (C=O) groups is 1. The van der Waals surface area contributed by atoms with Crippen LogP contribution in [0.3, 0.4) is 0 Å². The lowest BCUT2D eigenvalue weighted by molar-refractivity contribution is 0.0954. The molecule has 13 heavy (non-hydrogen) atoms. The van der Waals surface area contributed by atoms with E-state index in [0.29, 0.717) is 12.1 Å². The van der Waals surface area contributed by atoms with Crippen LogP contribution in [0.25, 0.3) is 0 Å². The summed E-state index contributed by atoms with van der Waals surface area (Å²) in [5, 5.41) is 7.53. The first kappa shape index (κ1) is 8.41. The summed E-state index contributed by atoms with van der Waals surface area (Å²) in [5.41, 5.74) is 0.754. The fourth-order valence-corrected chi connectivity index (χ4v) is 1.34. The monoisotopic (exact) mass is 179 g/mol. The van der Waals surface area contributed by atoms with Gasteiger partial charge < -0.3 is 0 Å². The largest absolute Gasteiger partial charge is 0.292 e. The van der Waals surface area contributed by atoms with Crippen molar-refractivity contribution in [2.75, 3.05) is 0 Å². The van der Waals surface area contributed by atoms with Gasteiger partial charge in [0.2, 0.25) is 0 Å².